The number of rotatable bonds is 0. The van der Waals surface area contributed by atoms with Gasteiger partial charge in [-0.1, -0.05) is 48.5 Å². The Morgan fingerprint density at radius 3 is 1.33 bits per heavy atom. The topological polar surface area (TPSA) is 25.8 Å². The van der Waals surface area contributed by atoms with Gasteiger partial charge in [-0.05, 0) is 10.8 Å². The van der Waals surface area contributed by atoms with Crippen LogP contribution in [0.15, 0.2) is 60.7 Å². The molecule has 2 nitrogen and oxygen atoms in total. The average Bonchev–Trinajstić information content (AvgIpc) is 2.62. The van der Waals surface area contributed by atoms with Crippen LogP contribution in [0.1, 0.15) is 0 Å². The molecule has 0 unspecified atom stereocenters. The third-order valence-corrected chi connectivity index (χ3v) is 4.36. The van der Waals surface area contributed by atoms with Gasteiger partial charge in [0.05, 0.1) is 22.1 Å². The van der Waals surface area contributed by atoms with Gasteiger partial charge >= 0.3 is 0 Å². The Morgan fingerprint density at radius 2 is 0.917 bits per heavy atom. The van der Waals surface area contributed by atoms with Crippen molar-refractivity contribution in [3.8, 4) is 0 Å². The first-order valence-corrected chi connectivity index (χ1v) is 7.58. The molecule has 5 rings (SSSR count). The molecule has 0 bridgehead atoms. The second-order valence-electron chi connectivity index (χ2n) is 5.77. The van der Waals surface area contributed by atoms with Crippen LogP contribution in [0.3, 0.4) is 0 Å². The quantitative estimate of drug-likeness (QED) is 0.283. The largest absolute Gasteiger partial charge is 0.244 e. The highest BCUT2D eigenvalue weighted by molar-refractivity contribution is 6.23. The van der Waals surface area contributed by atoms with Crippen molar-refractivity contribution >= 4 is 43.6 Å². The van der Waals surface area contributed by atoms with Crippen LogP contribution >= 0.6 is 0 Å². The molecule has 0 fully saturated rings. The maximum atomic E-state index is 13.6. The highest BCUT2D eigenvalue weighted by Crippen LogP contribution is 2.34. The van der Waals surface area contributed by atoms with Crippen LogP contribution in [0.4, 0.5) is 8.78 Å². The van der Waals surface area contributed by atoms with Gasteiger partial charge in [0.15, 0.2) is 11.6 Å². The molecule has 0 radical (unpaired) electrons. The first-order valence-electron chi connectivity index (χ1n) is 7.58. The summed E-state index contributed by atoms with van der Waals surface area (Å²) in [5.74, 6) is -1.83. The minimum atomic E-state index is -0.916. The van der Waals surface area contributed by atoms with E-state index in [4.69, 9.17) is 0 Å². The normalized spacial score (nSPS) is 11.8. The Morgan fingerprint density at radius 1 is 0.542 bits per heavy atom. The third-order valence-electron chi connectivity index (χ3n) is 4.36. The smallest absolute Gasteiger partial charge is 0.161 e. The summed E-state index contributed by atoms with van der Waals surface area (Å²) in [5.41, 5.74) is 2.09. The fraction of sp³-hybridized carbons (Fsp3) is 0. The van der Waals surface area contributed by atoms with Gasteiger partial charge in [-0.15, -0.1) is 0 Å². The highest BCUT2D eigenvalue weighted by atomic mass is 19.2. The molecular weight excluding hydrogens is 306 g/mol. The summed E-state index contributed by atoms with van der Waals surface area (Å²) in [6.45, 7) is 0. The summed E-state index contributed by atoms with van der Waals surface area (Å²) in [7, 11) is 0. The number of halogens is 2. The zero-order valence-corrected chi connectivity index (χ0v) is 12.4. The van der Waals surface area contributed by atoms with Crippen LogP contribution in [-0.4, -0.2) is 9.97 Å². The van der Waals surface area contributed by atoms with E-state index in [1.165, 1.54) is 0 Å². The van der Waals surface area contributed by atoms with Gasteiger partial charge in [0, 0.05) is 22.9 Å². The standard InChI is InChI=1S/C20H10F2N2/c21-15-9-17-18(10-16(15)22)24-20-14-8-4-2-6-12(14)11-5-1-3-7-13(11)19(20)23-17/h1-10H. The van der Waals surface area contributed by atoms with Crippen molar-refractivity contribution in [3.05, 3.63) is 72.3 Å². The molecule has 0 N–H and O–H groups in total. The lowest BCUT2D eigenvalue weighted by molar-refractivity contribution is 0.510. The van der Waals surface area contributed by atoms with E-state index in [2.05, 4.69) is 9.97 Å². The van der Waals surface area contributed by atoms with E-state index < -0.39 is 11.6 Å². The molecule has 0 atom stereocenters. The monoisotopic (exact) mass is 316 g/mol. The molecule has 0 aliphatic carbocycles. The summed E-state index contributed by atoms with van der Waals surface area (Å²) >= 11 is 0. The van der Waals surface area contributed by atoms with Gasteiger partial charge in [-0.2, -0.15) is 0 Å². The maximum Gasteiger partial charge on any atom is 0.161 e. The number of hydrogen-bond donors (Lipinski definition) is 0. The molecule has 114 valence electrons. The van der Waals surface area contributed by atoms with Crippen LogP contribution < -0.4 is 0 Å². The van der Waals surface area contributed by atoms with Gasteiger partial charge in [-0.25, -0.2) is 18.7 Å². The number of aromatic nitrogens is 2. The van der Waals surface area contributed by atoms with E-state index in [0.29, 0.717) is 22.1 Å². The molecule has 1 aromatic heterocycles. The first kappa shape index (κ1) is 13.3. The Balaban J connectivity index is 2.11. The molecule has 0 amide bonds. The summed E-state index contributed by atoms with van der Waals surface area (Å²) < 4.78 is 27.1. The zero-order chi connectivity index (χ0) is 16.3. The number of hydrogen-bond acceptors (Lipinski definition) is 2. The SMILES string of the molecule is Fc1cc2nc3c4ccccc4c4ccccc4c3nc2cc1F. The van der Waals surface area contributed by atoms with Gasteiger partial charge in [0.1, 0.15) is 0 Å². The van der Waals surface area contributed by atoms with Crippen molar-refractivity contribution in [2.24, 2.45) is 0 Å². The molecule has 4 aromatic carbocycles. The first-order chi connectivity index (χ1) is 11.7. The van der Waals surface area contributed by atoms with Crippen molar-refractivity contribution < 1.29 is 8.78 Å². The number of nitrogens with zero attached hydrogens (tertiary/aromatic N) is 2. The lowest BCUT2D eigenvalue weighted by Crippen LogP contribution is -1.93. The van der Waals surface area contributed by atoms with Gasteiger partial charge in [0.2, 0.25) is 0 Å². The Labute approximate surface area is 135 Å². The molecule has 0 aliphatic heterocycles. The lowest BCUT2D eigenvalue weighted by Gasteiger charge is -2.10. The van der Waals surface area contributed by atoms with Crippen molar-refractivity contribution in [3.63, 3.8) is 0 Å². The van der Waals surface area contributed by atoms with Crippen LogP contribution in [-0.2, 0) is 0 Å². The van der Waals surface area contributed by atoms with Crippen LogP contribution in [0, 0.1) is 11.6 Å². The molecule has 0 aliphatic rings. The molecule has 5 aromatic rings. The van der Waals surface area contributed by atoms with Crippen molar-refractivity contribution in [1.82, 2.24) is 9.97 Å². The van der Waals surface area contributed by atoms with Crippen LogP contribution in [0.25, 0.3) is 43.6 Å². The van der Waals surface area contributed by atoms with Gasteiger partial charge in [-0.3, -0.25) is 0 Å². The summed E-state index contributed by atoms with van der Waals surface area (Å²) in [4.78, 5) is 9.18. The van der Waals surface area contributed by atoms with Crippen molar-refractivity contribution in [1.29, 1.82) is 0 Å². The maximum absolute atomic E-state index is 13.6. The summed E-state index contributed by atoms with van der Waals surface area (Å²) in [5, 5.41) is 4.03. The fourth-order valence-electron chi connectivity index (χ4n) is 3.28. The van der Waals surface area contributed by atoms with E-state index in [-0.39, 0.29) is 0 Å². The van der Waals surface area contributed by atoms with E-state index in [0.717, 1.165) is 33.7 Å². The minimum Gasteiger partial charge on any atom is -0.244 e. The molecular formula is C20H10F2N2. The van der Waals surface area contributed by atoms with E-state index >= 15 is 0 Å². The second kappa shape index (κ2) is 4.68. The van der Waals surface area contributed by atoms with Crippen LogP contribution in [0.2, 0.25) is 0 Å². The molecule has 4 heteroatoms. The second-order valence-corrected chi connectivity index (χ2v) is 5.77. The van der Waals surface area contributed by atoms with Gasteiger partial charge < -0.3 is 0 Å². The van der Waals surface area contributed by atoms with Crippen molar-refractivity contribution in [2.45, 2.75) is 0 Å². The highest BCUT2D eigenvalue weighted by Gasteiger charge is 2.13. The summed E-state index contributed by atoms with van der Waals surface area (Å²) in [6, 6.07) is 18.1. The molecule has 24 heavy (non-hydrogen) atoms. The Kier molecular flexibility index (Phi) is 2.59. The third kappa shape index (κ3) is 1.74. The van der Waals surface area contributed by atoms with Crippen LogP contribution in [0.5, 0.6) is 0 Å². The lowest BCUT2D eigenvalue weighted by atomic mass is 9.99. The number of benzene rings is 4. The molecule has 1 heterocycles. The van der Waals surface area contributed by atoms with E-state index in [1.807, 2.05) is 48.5 Å². The fourth-order valence-corrected chi connectivity index (χ4v) is 3.28. The minimum absolute atomic E-state index is 0.349. The molecule has 0 saturated heterocycles. The predicted molar refractivity (Wildman–Crippen MR) is 92.0 cm³/mol. The molecule has 0 spiro atoms. The van der Waals surface area contributed by atoms with Gasteiger partial charge in [0.25, 0.3) is 0 Å². The van der Waals surface area contributed by atoms with Crippen molar-refractivity contribution in [2.75, 3.05) is 0 Å². The molecule has 0 saturated carbocycles. The Bertz CT molecular complexity index is 1180. The van der Waals surface area contributed by atoms with E-state index in [1.54, 1.807) is 0 Å². The number of fused-ring (bicyclic) bond motifs is 7. The predicted octanol–water partition coefficient (Wildman–Crippen LogP) is 5.37. The Hall–Kier alpha value is -3.14. The summed E-state index contributed by atoms with van der Waals surface area (Å²) in [6.07, 6.45) is 0. The average molecular weight is 316 g/mol. The zero-order valence-electron chi connectivity index (χ0n) is 12.4. The van der Waals surface area contributed by atoms with E-state index in [9.17, 15) is 8.78 Å².